The second kappa shape index (κ2) is 5.75. The summed E-state index contributed by atoms with van der Waals surface area (Å²) in [6, 6.07) is 2.13. The van der Waals surface area contributed by atoms with Crippen LogP contribution < -0.4 is 0 Å². The number of fused-ring (bicyclic) bond motifs is 1. The summed E-state index contributed by atoms with van der Waals surface area (Å²) < 4.78 is 0. The molecular weight excluding hydrogens is 238 g/mol. The van der Waals surface area contributed by atoms with Gasteiger partial charge in [-0.05, 0) is 34.4 Å². The second-order valence-corrected chi connectivity index (χ2v) is 6.18. The number of thioether (sulfide) groups is 1. The van der Waals surface area contributed by atoms with Crippen molar-refractivity contribution in [2.24, 2.45) is 5.92 Å². The highest BCUT2D eigenvalue weighted by Gasteiger charge is 2.18. The predicted molar refractivity (Wildman–Crippen MR) is 82.6 cm³/mol. The highest BCUT2D eigenvalue weighted by atomic mass is 32.2. The molecule has 18 heavy (non-hydrogen) atoms. The Morgan fingerprint density at radius 3 is 2.61 bits per heavy atom. The monoisotopic (exact) mass is 259 g/mol. The van der Waals surface area contributed by atoms with Crippen LogP contribution in [0.5, 0.6) is 0 Å². The minimum Gasteiger partial charge on any atom is -0.260 e. The molecule has 0 bridgehead atoms. The molecule has 0 saturated carbocycles. The second-order valence-electron chi connectivity index (χ2n) is 5.28. The molecule has 0 spiro atoms. The number of hydrogen-bond acceptors (Lipinski definition) is 2. The van der Waals surface area contributed by atoms with E-state index in [1.54, 1.807) is 0 Å². The van der Waals surface area contributed by atoms with Crippen molar-refractivity contribution in [3.05, 3.63) is 40.6 Å². The minimum absolute atomic E-state index is 0.458. The molecule has 0 aromatic carbocycles. The third-order valence-corrected chi connectivity index (χ3v) is 3.98. The average molecular weight is 259 g/mol. The van der Waals surface area contributed by atoms with Crippen molar-refractivity contribution in [2.75, 3.05) is 5.75 Å². The first-order valence-electron chi connectivity index (χ1n) is 6.58. The normalized spacial score (nSPS) is 20.0. The molecule has 0 saturated heterocycles. The molecule has 0 amide bonds. The fraction of sp³-hybridized carbons (Fsp3) is 0.438. The van der Waals surface area contributed by atoms with Crippen LogP contribution in [0.2, 0.25) is 0 Å². The maximum Gasteiger partial charge on any atom is 0.0510 e. The van der Waals surface area contributed by atoms with Gasteiger partial charge in [0, 0.05) is 17.5 Å². The van der Waals surface area contributed by atoms with Crippen LogP contribution in [-0.2, 0) is 0 Å². The molecular formula is C16H21NS. The van der Waals surface area contributed by atoms with Crippen molar-refractivity contribution in [3.63, 3.8) is 0 Å². The standard InChI is InChI=1S/C16H21NS/c1-11(2)14-10-18-9-5-6-13-7-8-17-16(12(3)4)15(13)14/h5-8,10-12H,9H2,1-4H3/b6-5-,14-10-. The van der Waals surface area contributed by atoms with E-state index in [0.29, 0.717) is 11.8 Å². The number of rotatable bonds is 2. The number of pyridine rings is 1. The van der Waals surface area contributed by atoms with Crippen LogP contribution in [0.15, 0.2) is 23.7 Å². The Labute approximate surface area is 114 Å². The zero-order valence-electron chi connectivity index (χ0n) is 11.6. The summed E-state index contributed by atoms with van der Waals surface area (Å²) in [5, 5.41) is 2.32. The van der Waals surface area contributed by atoms with E-state index < -0.39 is 0 Å². The van der Waals surface area contributed by atoms with Gasteiger partial charge in [0.1, 0.15) is 0 Å². The van der Waals surface area contributed by atoms with Crippen molar-refractivity contribution in [2.45, 2.75) is 33.6 Å². The van der Waals surface area contributed by atoms with Crippen molar-refractivity contribution in [3.8, 4) is 0 Å². The predicted octanol–water partition coefficient (Wildman–Crippen LogP) is 4.96. The minimum atomic E-state index is 0.458. The van der Waals surface area contributed by atoms with Crippen LogP contribution in [0.25, 0.3) is 11.6 Å². The van der Waals surface area contributed by atoms with Gasteiger partial charge in [-0.3, -0.25) is 4.98 Å². The highest BCUT2D eigenvalue weighted by molar-refractivity contribution is 8.02. The first kappa shape index (κ1) is 13.4. The van der Waals surface area contributed by atoms with Gasteiger partial charge in [-0.25, -0.2) is 0 Å². The van der Waals surface area contributed by atoms with Crippen LogP contribution in [0.3, 0.4) is 0 Å². The smallest absolute Gasteiger partial charge is 0.0510 e. The van der Waals surface area contributed by atoms with E-state index in [4.69, 9.17) is 0 Å². The molecule has 0 unspecified atom stereocenters. The van der Waals surface area contributed by atoms with Gasteiger partial charge in [-0.15, -0.1) is 11.8 Å². The van der Waals surface area contributed by atoms with E-state index >= 15 is 0 Å². The fourth-order valence-electron chi connectivity index (χ4n) is 2.24. The molecule has 2 heterocycles. The van der Waals surface area contributed by atoms with Gasteiger partial charge < -0.3 is 0 Å². The largest absolute Gasteiger partial charge is 0.260 e. The van der Waals surface area contributed by atoms with Gasteiger partial charge >= 0.3 is 0 Å². The molecule has 0 aliphatic carbocycles. The van der Waals surface area contributed by atoms with Gasteiger partial charge in [0.05, 0.1) is 5.69 Å². The third-order valence-electron chi connectivity index (χ3n) is 3.17. The van der Waals surface area contributed by atoms with Crippen molar-refractivity contribution in [1.29, 1.82) is 0 Å². The van der Waals surface area contributed by atoms with Crippen molar-refractivity contribution in [1.82, 2.24) is 4.98 Å². The van der Waals surface area contributed by atoms with Crippen LogP contribution in [0, 0.1) is 5.92 Å². The zero-order valence-corrected chi connectivity index (χ0v) is 12.4. The summed E-state index contributed by atoms with van der Waals surface area (Å²) in [6.45, 7) is 8.96. The summed E-state index contributed by atoms with van der Waals surface area (Å²) in [5.74, 6) is 2.04. The Bertz CT molecular complexity index is 484. The summed E-state index contributed by atoms with van der Waals surface area (Å²) in [6.07, 6.45) is 6.41. The first-order valence-corrected chi connectivity index (χ1v) is 7.63. The molecule has 2 heteroatoms. The summed E-state index contributed by atoms with van der Waals surface area (Å²) in [7, 11) is 0. The molecule has 0 N–H and O–H groups in total. The van der Waals surface area contributed by atoms with Gasteiger partial charge in [-0.1, -0.05) is 39.8 Å². The molecule has 0 fully saturated rings. The topological polar surface area (TPSA) is 12.9 Å². The van der Waals surface area contributed by atoms with Gasteiger partial charge in [-0.2, -0.15) is 0 Å². The van der Waals surface area contributed by atoms with Crippen LogP contribution in [0.1, 0.15) is 50.4 Å². The lowest BCUT2D eigenvalue weighted by Gasteiger charge is -2.21. The fourth-order valence-corrected chi connectivity index (χ4v) is 3.11. The third kappa shape index (κ3) is 2.69. The quantitative estimate of drug-likeness (QED) is 0.744. The van der Waals surface area contributed by atoms with Gasteiger partial charge in [0.15, 0.2) is 0 Å². The van der Waals surface area contributed by atoms with E-state index in [1.165, 1.54) is 22.4 Å². The molecule has 1 aliphatic heterocycles. The zero-order chi connectivity index (χ0) is 13.1. The van der Waals surface area contributed by atoms with Gasteiger partial charge in [0.25, 0.3) is 0 Å². The highest BCUT2D eigenvalue weighted by Crippen LogP contribution is 2.35. The lowest BCUT2D eigenvalue weighted by Crippen LogP contribution is -2.06. The summed E-state index contributed by atoms with van der Waals surface area (Å²) in [4.78, 5) is 4.61. The number of allylic oxidation sites excluding steroid dienone is 1. The van der Waals surface area contributed by atoms with E-state index in [0.717, 1.165) is 5.75 Å². The summed E-state index contributed by atoms with van der Waals surface area (Å²) in [5.41, 5.74) is 5.32. The Morgan fingerprint density at radius 2 is 1.94 bits per heavy atom. The summed E-state index contributed by atoms with van der Waals surface area (Å²) >= 11 is 1.87. The van der Waals surface area contributed by atoms with Crippen LogP contribution in [0.4, 0.5) is 0 Å². The SMILES string of the molecule is CC(C)/C1=C/SC/C=C\c2ccnc(C(C)C)c21. The molecule has 1 aromatic heterocycles. The average Bonchev–Trinajstić information content (AvgIpc) is 2.28. The number of hydrogen-bond donors (Lipinski definition) is 0. The maximum atomic E-state index is 4.61. The van der Waals surface area contributed by atoms with Crippen molar-refractivity contribution < 1.29 is 0 Å². The van der Waals surface area contributed by atoms with Crippen LogP contribution in [-0.4, -0.2) is 10.7 Å². The van der Waals surface area contributed by atoms with Crippen molar-refractivity contribution >= 4 is 23.4 Å². The Balaban J connectivity index is 2.67. The Morgan fingerprint density at radius 1 is 1.17 bits per heavy atom. The lowest BCUT2D eigenvalue weighted by atomic mass is 9.88. The van der Waals surface area contributed by atoms with E-state index in [2.05, 4.69) is 56.3 Å². The first-order chi connectivity index (χ1) is 8.61. The molecule has 1 aromatic rings. The molecule has 0 radical (unpaired) electrons. The van der Waals surface area contributed by atoms with E-state index in [-0.39, 0.29) is 0 Å². The molecule has 1 nitrogen and oxygen atoms in total. The Kier molecular flexibility index (Phi) is 4.28. The number of aromatic nitrogens is 1. The van der Waals surface area contributed by atoms with Crippen LogP contribution >= 0.6 is 11.8 Å². The molecule has 0 atom stereocenters. The Hall–Kier alpha value is -1.02. The molecule has 2 rings (SSSR count). The van der Waals surface area contributed by atoms with Gasteiger partial charge in [0.2, 0.25) is 0 Å². The number of nitrogens with zero attached hydrogens (tertiary/aromatic N) is 1. The maximum absolute atomic E-state index is 4.61. The van der Waals surface area contributed by atoms with E-state index in [9.17, 15) is 0 Å². The molecule has 1 aliphatic rings. The van der Waals surface area contributed by atoms with E-state index in [1.807, 2.05) is 18.0 Å². The molecule has 96 valence electrons. The lowest BCUT2D eigenvalue weighted by molar-refractivity contribution is 0.800.